The van der Waals surface area contributed by atoms with E-state index in [9.17, 15) is 9.90 Å². The van der Waals surface area contributed by atoms with E-state index in [0.29, 0.717) is 29.4 Å². The summed E-state index contributed by atoms with van der Waals surface area (Å²) in [6.45, 7) is 4.21. The van der Waals surface area contributed by atoms with Gasteiger partial charge in [-0.2, -0.15) is 4.98 Å². The first-order valence-electron chi connectivity index (χ1n) is 10.0. The number of aliphatic hydroxyl groups is 1. The first-order valence-corrected chi connectivity index (χ1v) is 10.0. The summed E-state index contributed by atoms with van der Waals surface area (Å²) >= 11 is 0. The molecule has 2 heterocycles. The summed E-state index contributed by atoms with van der Waals surface area (Å²) in [5.41, 5.74) is 1.43. The topological polar surface area (TPSA) is 93.0 Å². The summed E-state index contributed by atoms with van der Waals surface area (Å²) in [6.07, 6.45) is 4.77. The van der Waals surface area contributed by atoms with Crippen molar-refractivity contribution in [2.24, 2.45) is 0 Å². The molecule has 148 valence electrons. The summed E-state index contributed by atoms with van der Waals surface area (Å²) in [5.74, 6) is 1.76. The smallest absolute Gasteiger partial charge is 0.306 e. The van der Waals surface area contributed by atoms with Crippen LogP contribution in [-0.4, -0.2) is 24.6 Å². The van der Waals surface area contributed by atoms with Gasteiger partial charge in [-0.25, -0.2) is 4.98 Å². The van der Waals surface area contributed by atoms with E-state index < -0.39 is 6.10 Å². The first kappa shape index (κ1) is 18.7. The molecule has 1 fully saturated rings. The highest BCUT2D eigenvalue weighted by Crippen LogP contribution is 2.33. The number of ether oxygens (including phenoxy) is 1. The highest BCUT2D eigenvalue weighted by molar-refractivity contribution is 5.70. The molecule has 0 amide bonds. The van der Waals surface area contributed by atoms with Gasteiger partial charge in [0.15, 0.2) is 11.2 Å². The van der Waals surface area contributed by atoms with Crippen LogP contribution in [-0.2, 0) is 6.54 Å². The number of benzene rings is 1. The van der Waals surface area contributed by atoms with Crippen LogP contribution in [0, 0.1) is 0 Å². The van der Waals surface area contributed by atoms with Gasteiger partial charge >= 0.3 is 6.01 Å². The molecule has 3 aromatic rings. The van der Waals surface area contributed by atoms with Crippen LogP contribution in [0.25, 0.3) is 11.2 Å². The largest absolute Gasteiger partial charge is 0.425 e. The Balaban J connectivity index is 1.76. The Morgan fingerprint density at radius 1 is 1.32 bits per heavy atom. The van der Waals surface area contributed by atoms with Crippen molar-refractivity contribution in [1.29, 1.82) is 0 Å². The number of hydrogen-bond donors (Lipinski definition) is 2. The summed E-state index contributed by atoms with van der Waals surface area (Å²) in [4.78, 5) is 25.4. The SMILES string of the molecule is CCCn1c(Oc2cccc(C(C)O)c2)nc2nc(C3CCCC3)[nH]c2c1=O. The van der Waals surface area contributed by atoms with E-state index in [4.69, 9.17) is 4.74 Å². The van der Waals surface area contributed by atoms with Gasteiger partial charge in [0, 0.05) is 12.5 Å². The van der Waals surface area contributed by atoms with Gasteiger partial charge in [-0.3, -0.25) is 9.36 Å². The maximum absolute atomic E-state index is 13.1. The molecule has 0 saturated heterocycles. The molecule has 0 bridgehead atoms. The number of aliphatic hydroxyl groups excluding tert-OH is 1. The average molecular weight is 382 g/mol. The quantitative estimate of drug-likeness (QED) is 0.671. The molecule has 1 aromatic carbocycles. The molecule has 4 rings (SSSR count). The Morgan fingerprint density at radius 2 is 2.11 bits per heavy atom. The first-order chi connectivity index (χ1) is 13.6. The Hall–Kier alpha value is -2.67. The van der Waals surface area contributed by atoms with Gasteiger partial charge in [-0.15, -0.1) is 0 Å². The molecule has 7 nitrogen and oxygen atoms in total. The monoisotopic (exact) mass is 382 g/mol. The van der Waals surface area contributed by atoms with Crippen LogP contribution in [0.5, 0.6) is 11.8 Å². The van der Waals surface area contributed by atoms with E-state index in [-0.39, 0.29) is 11.6 Å². The fraction of sp³-hybridized carbons (Fsp3) is 0.476. The van der Waals surface area contributed by atoms with Gasteiger partial charge < -0.3 is 14.8 Å². The summed E-state index contributed by atoms with van der Waals surface area (Å²) in [7, 11) is 0. The normalized spacial score (nSPS) is 16.0. The van der Waals surface area contributed by atoms with Crippen molar-refractivity contribution in [2.45, 2.75) is 64.5 Å². The van der Waals surface area contributed by atoms with E-state index in [1.807, 2.05) is 19.1 Å². The lowest BCUT2D eigenvalue weighted by atomic mass is 10.1. The molecular weight excluding hydrogens is 356 g/mol. The summed E-state index contributed by atoms with van der Waals surface area (Å²) < 4.78 is 7.51. The summed E-state index contributed by atoms with van der Waals surface area (Å²) in [5, 5.41) is 9.80. The Bertz CT molecular complexity index is 1030. The molecule has 2 aromatic heterocycles. The van der Waals surface area contributed by atoms with E-state index in [1.165, 1.54) is 12.8 Å². The van der Waals surface area contributed by atoms with Gasteiger partial charge in [0.1, 0.15) is 11.6 Å². The zero-order valence-corrected chi connectivity index (χ0v) is 16.3. The third kappa shape index (κ3) is 3.54. The Labute approximate surface area is 163 Å². The van der Waals surface area contributed by atoms with E-state index in [1.54, 1.807) is 23.6 Å². The third-order valence-electron chi connectivity index (χ3n) is 5.33. The van der Waals surface area contributed by atoms with Crippen molar-refractivity contribution in [3.8, 4) is 11.8 Å². The van der Waals surface area contributed by atoms with E-state index >= 15 is 0 Å². The fourth-order valence-electron chi connectivity index (χ4n) is 3.82. The molecule has 1 saturated carbocycles. The maximum Gasteiger partial charge on any atom is 0.306 e. The number of fused-ring (bicyclic) bond motifs is 1. The van der Waals surface area contributed by atoms with Crippen LogP contribution >= 0.6 is 0 Å². The van der Waals surface area contributed by atoms with Gasteiger partial charge in [0.2, 0.25) is 0 Å². The second kappa shape index (κ2) is 7.75. The zero-order valence-electron chi connectivity index (χ0n) is 16.3. The van der Waals surface area contributed by atoms with Crippen molar-refractivity contribution < 1.29 is 9.84 Å². The fourth-order valence-corrected chi connectivity index (χ4v) is 3.82. The van der Waals surface area contributed by atoms with Crippen molar-refractivity contribution in [1.82, 2.24) is 19.5 Å². The lowest BCUT2D eigenvalue weighted by Crippen LogP contribution is -2.23. The second-order valence-corrected chi connectivity index (χ2v) is 7.50. The average Bonchev–Trinajstić information content (AvgIpc) is 3.34. The number of imidazole rings is 1. The van der Waals surface area contributed by atoms with E-state index in [2.05, 4.69) is 15.0 Å². The second-order valence-electron chi connectivity index (χ2n) is 7.50. The minimum absolute atomic E-state index is 0.162. The summed E-state index contributed by atoms with van der Waals surface area (Å²) in [6, 6.07) is 7.41. The standard InChI is InChI=1S/C21H26N4O3/c1-3-11-25-20(27)17-19(23-18(22-17)14-7-4-5-8-14)24-21(25)28-16-10-6-9-15(12-16)13(2)26/h6,9-10,12-14,26H,3-5,7-8,11H2,1-2H3,(H,22,23). The Morgan fingerprint density at radius 3 is 2.82 bits per heavy atom. The number of H-pyrrole nitrogens is 1. The van der Waals surface area contributed by atoms with Crippen LogP contribution in [0.3, 0.4) is 0 Å². The molecule has 0 radical (unpaired) electrons. The minimum Gasteiger partial charge on any atom is -0.425 e. The number of aromatic nitrogens is 4. The molecule has 1 unspecified atom stereocenters. The third-order valence-corrected chi connectivity index (χ3v) is 5.33. The molecule has 1 atom stereocenters. The van der Waals surface area contributed by atoms with Crippen LogP contribution in [0.4, 0.5) is 0 Å². The number of nitrogens with one attached hydrogen (secondary N) is 1. The molecule has 1 aliphatic rings. The lowest BCUT2D eigenvalue weighted by molar-refractivity contribution is 0.199. The van der Waals surface area contributed by atoms with Crippen molar-refractivity contribution >= 4 is 11.2 Å². The van der Waals surface area contributed by atoms with Crippen LogP contribution in [0.2, 0.25) is 0 Å². The Kier molecular flexibility index (Phi) is 5.17. The highest BCUT2D eigenvalue weighted by Gasteiger charge is 2.23. The van der Waals surface area contributed by atoms with Crippen molar-refractivity contribution in [3.05, 3.63) is 46.0 Å². The lowest BCUT2D eigenvalue weighted by Gasteiger charge is -2.13. The van der Waals surface area contributed by atoms with Gasteiger partial charge in [-0.05, 0) is 43.9 Å². The van der Waals surface area contributed by atoms with Gasteiger partial charge in [0.25, 0.3) is 5.56 Å². The van der Waals surface area contributed by atoms with Gasteiger partial charge in [0.05, 0.1) is 6.10 Å². The number of nitrogens with zero attached hydrogens (tertiary/aromatic N) is 3. The highest BCUT2D eigenvalue weighted by atomic mass is 16.5. The molecule has 7 heteroatoms. The predicted octanol–water partition coefficient (Wildman–Crippen LogP) is 4.03. The van der Waals surface area contributed by atoms with Gasteiger partial charge in [-0.1, -0.05) is 31.9 Å². The molecule has 1 aliphatic carbocycles. The van der Waals surface area contributed by atoms with Crippen LogP contribution in [0.15, 0.2) is 29.1 Å². The number of aromatic amines is 1. The van der Waals surface area contributed by atoms with Crippen LogP contribution < -0.4 is 10.3 Å². The van der Waals surface area contributed by atoms with Crippen molar-refractivity contribution in [2.75, 3.05) is 0 Å². The predicted molar refractivity (Wildman–Crippen MR) is 107 cm³/mol. The maximum atomic E-state index is 13.1. The zero-order chi connectivity index (χ0) is 19.7. The van der Waals surface area contributed by atoms with Crippen LogP contribution in [0.1, 0.15) is 69.4 Å². The minimum atomic E-state index is -0.600. The molecule has 0 spiro atoms. The van der Waals surface area contributed by atoms with E-state index in [0.717, 1.165) is 30.7 Å². The molecule has 0 aliphatic heterocycles. The molecule has 2 N–H and O–H groups in total. The van der Waals surface area contributed by atoms with Crippen molar-refractivity contribution in [3.63, 3.8) is 0 Å². The number of hydrogen-bond acceptors (Lipinski definition) is 5. The number of rotatable bonds is 6. The molecular formula is C21H26N4O3. The molecule has 28 heavy (non-hydrogen) atoms.